The van der Waals surface area contributed by atoms with Gasteiger partial charge in [-0.3, -0.25) is 14.7 Å². The third-order valence-electron chi connectivity index (χ3n) is 10.4. The molecular weight excluding hydrogens is 575 g/mol. The van der Waals surface area contributed by atoms with Crippen molar-refractivity contribution in [3.63, 3.8) is 0 Å². The average molecular weight is 617 g/mol. The number of anilines is 1. The van der Waals surface area contributed by atoms with Crippen LogP contribution < -0.4 is 20.5 Å². The number of halogens is 1. The molecule has 2 bridgehead atoms. The summed E-state index contributed by atoms with van der Waals surface area (Å²) in [5.41, 5.74) is 1.80. The van der Waals surface area contributed by atoms with Crippen LogP contribution in [0.1, 0.15) is 52.4 Å². The summed E-state index contributed by atoms with van der Waals surface area (Å²) < 4.78 is 31.0. The van der Waals surface area contributed by atoms with Crippen LogP contribution in [0.4, 0.5) is 10.2 Å². The molecule has 2 N–H and O–H groups in total. The van der Waals surface area contributed by atoms with Gasteiger partial charge in [0.05, 0.1) is 34.7 Å². The molecule has 4 fully saturated rings. The number of aromatic amines is 1. The predicted molar refractivity (Wildman–Crippen MR) is 170 cm³/mol. The van der Waals surface area contributed by atoms with Gasteiger partial charge in [0.2, 0.25) is 5.56 Å². The van der Waals surface area contributed by atoms with Gasteiger partial charge in [-0.15, -0.1) is 0 Å². The zero-order chi connectivity index (χ0) is 30.9. The van der Waals surface area contributed by atoms with Gasteiger partial charge in [-0.05, 0) is 65.0 Å². The highest BCUT2D eigenvalue weighted by Gasteiger charge is 2.50. The van der Waals surface area contributed by atoms with Crippen molar-refractivity contribution in [2.45, 2.75) is 82.1 Å². The number of hydrogen-bond donors (Lipinski definition) is 2. The number of aryl methyl sites for hydroxylation is 1. The van der Waals surface area contributed by atoms with E-state index in [1.165, 1.54) is 6.07 Å². The van der Waals surface area contributed by atoms with Gasteiger partial charge in [-0.25, -0.2) is 4.39 Å². The molecule has 4 aliphatic heterocycles. The Morgan fingerprint density at radius 3 is 2.76 bits per heavy atom. The van der Waals surface area contributed by atoms with Crippen molar-refractivity contribution < 1.29 is 13.9 Å². The lowest BCUT2D eigenvalue weighted by molar-refractivity contribution is 0.0134. The monoisotopic (exact) mass is 616 g/mol. The van der Waals surface area contributed by atoms with E-state index in [-0.39, 0.29) is 34.4 Å². The van der Waals surface area contributed by atoms with Crippen LogP contribution in [-0.4, -0.2) is 92.0 Å². The summed E-state index contributed by atoms with van der Waals surface area (Å²) in [7, 11) is 1.86. The van der Waals surface area contributed by atoms with E-state index in [0.717, 1.165) is 70.3 Å². The molecule has 8 heterocycles. The van der Waals surface area contributed by atoms with Gasteiger partial charge in [-0.1, -0.05) is 0 Å². The summed E-state index contributed by atoms with van der Waals surface area (Å²) in [6.45, 7) is 7.92. The van der Waals surface area contributed by atoms with E-state index in [2.05, 4.69) is 38.9 Å². The second-order valence-corrected chi connectivity index (χ2v) is 13.7. The number of H-pyrrole nitrogens is 1. The normalized spacial score (nSPS) is 26.5. The van der Waals surface area contributed by atoms with Gasteiger partial charge < -0.3 is 29.2 Å². The second-order valence-electron chi connectivity index (χ2n) is 13.7. The van der Waals surface area contributed by atoms with E-state index in [0.29, 0.717) is 47.0 Å². The fourth-order valence-corrected chi connectivity index (χ4v) is 8.25. The standard InChI is InChI=1S/C33H41FN8O3/c1-19(2)44-17-22-9-11-33(10-4-12-42(22)33)18-45-32-38-30-23(31(39-32)41-14-20-5-6-21(15-41)36-20)13-35-29(27(30)34)24-16-40(3)25-7-8-26(43)37-28(24)25/h7-8,13,16,19-22,36H,4-6,9-12,14-15,17-18H2,1-3H3,(H,37,43)/t20?,21?,22-,33-/m1/s1. The van der Waals surface area contributed by atoms with Gasteiger partial charge in [-0.2, -0.15) is 9.97 Å². The highest BCUT2D eigenvalue weighted by Crippen LogP contribution is 2.43. The summed E-state index contributed by atoms with van der Waals surface area (Å²) in [5.74, 6) is 0.108. The Bertz CT molecular complexity index is 1810. The van der Waals surface area contributed by atoms with E-state index >= 15 is 4.39 Å². The molecule has 0 aliphatic carbocycles. The Morgan fingerprint density at radius 2 is 1.96 bits per heavy atom. The van der Waals surface area contributed by atoms with Crippen molar-refractivity contribution in [2.75, 3.05) is 37.7 Å². The third kappa shape index (κ3) is 4.97. The second kappa shape index (κ2) is 11.0. The minimum Gasteiger partial charge on any atom is -0.461 e. The number of aromatic nitrogens is 5. The molecule has 2 unspecified atom stereocenters. The lowest BCUT2D eigenvalue weighted by atomic mass is 9.95. The quantitative estimate of drug-likeness (QED) is 0.306. The Morgan fingerprint density at radius 1 is 1.13 bits per heavy atom. The molecule has 0 radical (unpaired) electrons. The summed E-state index contributed by atoms with van der Waals surface area (Å²) in [5, 5.41) is 4.23. The summed E-state index contributed by atoms with van der Waals surface area (Å²) in [6.07, 6.45) is 10.2. The molecule has 4 atom stereocenters. The SMILES string of the molecule is CC(C)OC[C@H]1CC[C@@]2(COc3nc(N4CC5CCC(C4)N5)c4cnc(-c5cn(C)c6ccc(=O)[nH]c56)c(F)c4n3)CCCN12. The van der Waals surface area contributed by atoms with Gasteiger partial charge in [0.1, 0.15) is 23.6 Å². The molecule has 12 heteroatoms. The van der Waals surface area contributed by atoms with Gasteiger partial charge in [0.25, 0.3) is 0 Å². The molecule has 45 heavy (non-hydrogen) atoms. The van der Waals surface area contributed by atoms with E-state index in [4.69, 9.17) is 19.4 Å². The maximum absolute atomic E-state index is 16.7. The van der Waals surface area contributed by atoms with Gasteiger partial charge in [0.15, 0.2) is 5.82 Å². The molecule has 0 spiro atoms. The minimum absolute atomic E-state index is 0.0889. The smallest absolute Gasteiger partial charge is 0.319 e. The summed E-state index contributed by atoms with van der Waals surface area (Å²) in [4.78, 5) is 34.1. The zero-order valence-electron chi connectivity index (χ0n) is 26.2. The van der Waals surface area contributed by atoms with Crippen LogP contribution >= 0.6 is 0 Å². The number of nitrogens with zero attached hydrogens (tertiary/aromatic N) is 6. The first-order valence-electron chi connectivity index (χ1n) is 16.3. The average Bonchev–Trinajstić information content (AvgIpc) is 3.77. The van der Waals surface area contributed by atoms with Crippen LogP contribution in [0.25, 0.3) is 33.2 Å². The van der Waals surface area contributed by atoms with E-state index in [9.17, 15) is 4.79 Å². The van der Waals surface area contributed by atoms with E-state index < -0.39 is 5.82 Å². The predicted octanol–water partition coefficient (Wildman–Crippen LogP) is 3.75. The lowest BCUT2D eigenvalue weighted by Crippen LogP contribution is -2.51. The Kier molecular flexibility index (Phi) is 7.07. The van der Waals surface area contributed by atoms with E-state index in [1.807, 2.05) is 11.6 Å². The number of piperazine rings is 1. The number of rotatable bonds is 8. The molecule has 4 saturated heterocycles. The molecule has 0 saturated carbocycles. The molecule has 4 aromatic heterocycles. The first-order chi connectivity index (χ1) is 21.8. The van der Waals surface area contributed by atoms with Crippen LogP contribution in [-0.2, 0) is 11.8 Å². The fraction of sp³-hybridized carbons (Fsp3) is 0.576. The Balaban J connectivity index is 1.18. The largest absolute Gasteiger partial charge is 0.461 e. The number of hydrogen-bond acceptors (Lipinski definition) is 9. The van der Waals surface area contributed by atoms with Crippen LogP contribution in [0.5, 0.6) is 6.01 Å². The summed E-state index contributed by atoms with van der Waals surface area (Å²) in [6, 6.07) is 4.51. The van der Waals surface area contributed by atoms with Crippen molar-refractivity contribution in [3.8, 4) is 17.3 Å². The molecule has 0 aromatic carbocycles. The minimum atomic E-state index is -0.552. The van der Waals surface area contributed by atoms with Gasteiger partial charge >= 0.3 is 6.01 Å². The summed E-state index contributed by atoms with van der Waals surface area (Å²) >= 11 is 0. The topological polar surface area (TPSA) is 113 Å². The molecule has 4 aliphatic rings. The molecule has 4 aromatic rings. The molecule has 11 nitrogen and oxygen atoms in total. The highest BCUT2D eigenvalue weighted by atomic mass is 19.1. The van der Waals surface area contributed by atoms with Crippen LogP contribution in [0.2, 0.25) is 0 Å². The Hall–Kier alpha value is -3.61. The van der Waals surface area contributed by atoms with Crippen molar-refractivity contribution in [1.82, 2.24) is 34.7 Å². The number of pyridine rings is 2. The molecule has 0 amide bonds. The fourth-order valence-electron chi connectivity index (χ4n) is 8.25. The molecule has 8 rings (SSSR count). The van der Waals surface area contributed by atoms with Crippen molar-refractivity contribution >= 4 is 27.8 Å². The number of fused-ring (bicyclic) bond motifs is 5. The van der Waals surface area contributed by atoms with Crippen LogP contribution in [0.3, 0.4) is 0 Å². The lowest BCUT2D eigenvalue weighted by Gasteiger charge is -2.35. The maximum Gasteiger partial charge on any atom is 0.319 e. The van der Waals surface area contributed by atoms with Crippen molar-refractivity contribution in [3.05, 3.63) is 40.7 Å². The van der Waals surface area contributed by atoms with Crippen LogP contribution in [0.15, 0.2) is 29.3 Å². The number of ether oxygens (including phenoxy) is 2. The van der Waals surface area contributed by atoms with Crippen molar-refractivity contribution in [1.29, 1.82) is 0 Å². The van der Waals surface area contributed by atoms with Crippen molar-refractivity contribution in [2.24, 2.45) is 7.05 Å². The van der Waals surface area contributed by atoms with Crippen LogP contribution in [0, 0.1) is 5.82 Å². The zero-order valence-corrected chi connectivity index (χ0v) is 26.2. The maximum atomic E-state index is 16.7. The van der Waals surface area contributed by atoms with E-state index in [1.54, 1.807) is 18.5 Å². The first kappa shape index (κ1) is 28.8. The number of nitrogens with one attached hydrogen (secondary N) is 2. The highest BCUT2D eigenvalue weighted by molar-refractivity contribution is 5.96. The third-order valence-corrected chi connectivity index (χ3v) is 10.4. The Labute approximate surface area is 261 Å². The van der Waals surface area contributed by atoms with Gasteiger partial charge in [0, 0.05) is 62.3 Å². The first-order valence-corrected chi connectivity index (χ1v) is 16.3. The molecular formula is C33H41FN8O3. The molecule has 238 valence electrons.